The van der Waals surface area contributed by atoms with Crippen molar-refractivity contribution in [1.82, 2.24) is 5.32 Å². The minimum Gasteiger partial charge on any atom is -0.478 e. The highest BCUT2D eigenvalue weighted by Crippen LogP contribution is 2.17. The Balaban J connectivity index is 2.43. The van der Waals surface area contributed by atoms with Crippen LogP contribution in [0.1, 0.15) is 37.6 Å². The third-order valence-corrected chi connectivity index (χ3v) is 2.55. The molecule has 1 aromatic carbocycles. The topological polar surface area (TPSA) is 95.5 Å². The second-order valence-electron chi connectivity index (χ2n) is 5.94. The van der Waals surface area contributed by atoms with Crippen LogP contribution in [-0.4, -0.2) is 29.4 Å². The van der Waals surface area contributed by atoms with Gasteiger partial charge in [-0.05, 0) is 29.7 Å². The molecule has 0 aliphatic carbocycles. The quantitative estimate of drug-likeness (QED) is 0.772. The fourth-order valence-corrected chi connectivity index (χ4v) is 1.62. The lowest BCUT2D eigenvalue weighted by molar-refractivity contribution is -0.125. The monoisotopic (exact) mass is 292 g/mol. The van der Waals surface area contributed by atoms with Crippen molar-refractivity contribution in [3.63, 3.8) is 0 Å². The average molecular weight is 292 g/mol. The summed E-state index contributed by atoms with van der Waals surface area (Å²) in [5, 5.41) is 13.9. The van der Waals surface area contributed by atoms with Gasteiger partial charge < -0.3 is 15.7 Å². The number of carbonyl (C=O) groups excluding carboxylic acids is 2. The molecule has 0 radical (unpaired) electrons. The van der Waals surface area contributed by atoms with Gasteiger partial charge in [0, 0.05) is 12.1 Å². The van der Waals surface area contributed by atoms with Gasteiger partial charge in [0.2, 0.25) is 11.8 Å². The number of carbonyl (C=O) groups is 3. The summed E-state index contributed by atoms with van der Waals surface area (Å²) >= 11 is 0. The van der Waals surface area contributed by atoms with Crippen LogP contribution in [0.4, 0.5) is 5.69 Å². The summed E-state index contributed by atoms with van der Waals surface area (Å²) in [7, 11) is 0. The third kappa shape index (κ3) is 6.56. The maximum absolute atomic E-state index is 11.7. The predicted molar refractivity (Wildman–Crippen MR) is 79.1 cm³/mol. The van der Waals surface area contributed by atoms with E-state index < -0.39 is 5.97 Å². The molecule has 0 saturated carbocycles. The van der Waals surface area contributed by atoms with Gasteiger partial charge in [-0.3, -0.25) is 9.59 Å². The number of hydrogen-bond acceptors (Lipinski definition) is 3. The molecule has 6 nitrogen and oxygen atoms in total. The first kappa shape index (κ1) is 16.7. The van der Waals surface area contributed by atoms with Gasteiger partial charge in [0.1, 0.15) is 0 Å². The van der Waals surface area contributed by atoms with Crippen LogP contribution in [0.25, 0.3) is 0 Å². The smallest absolute Gasteiger partial charge is 0.335 e. The number of hydrogen-bond donors (Lipinski definition) is 3. The molecule has 0 spiro atoms. The van der Waals surface area contributed by atoms with Crippen LogP contribution < -0.4 is 10.6 Å². The summed E-state index contributed by atoms with van der Waals surface area (Å²) in [5.41, 5.74) is 0.495. The zero-order valence-electron chi connectivity index (χ0n) is 12.4. The molecule has 6 heteroatoms. The molecular weight excluding hydrogens is 272 g/mol. The zero-order chi connectivity index (χ0) is 16.0. The molecule has 0 aliphatic heterocycles. The highest BCUT2D eigenvalue weighted by Gasteiger charge is 2.16. The van der Waals surface area contributed by atoms with Crippen LogP contribution in [0, 0.1) is 5.41 Å². The van der Waals surface area contributed by atoms with E-state index in [9.17, 15) is 14.4 Å². The summed E-state index contributed by atoms with van der Waals surface area (Å²) in [4.78, 5) is 33.9. The van der Waals surface area contributed by atoms with Crippen LogP contribution in [-0.2, 0) is 9.59 Å². The van der Waals surface area contributed by atoms with E-state index in [1.165, 1.54) is 24.3 Å². The van der Waals surface area contributed by atoms with Crippen molar-refractivity contribution in [2.45, 2.75) is 27.2 Å². The van der Waals surface area contributed by atoms with Crippen molar-refractivity contribution in [2.75, 3.05) is 11.9 Å². The van der Waals surface area contributed by atoms with Gasteiger partial charge in [-0.1, -0.05) is 20.8 Å². The van der Waals surface area contributed by atoms with Crippen LogP contribution >= 0.6 is 0 Å². The minimum absolute atomic E-state index is 0.115. The molecule has 0 saturated heterocycles. The Kier molecular flexibility index (Phi) is 5.46. The number of aromatic carboxylic acids is 1. The van der Waals surface area contributed by atoms with Gasteiger partial charge in [-0.15, -0.1) is 0 Å². The van der Waals surface area contributed by atoms with Gasteiger partial charge in [0.25, 0.3) is 0 Å². The number of anilines is 1. The molecule has 0 aromatic heterocycles. The van der Waals surface area contributed by atoms with E-state index in [4.69, 9.17) is 5.11 Å². The van der Waals surface area contributed by atoms with Crippen molar-refractivity contribution >= 4 is 23.5 Å². The first-order valence-corrected chi connectivity index (χ1v) is 6.57. The van der Waals surface area contributed by atoms with Crippen molar-refractivity contribution in [3.8, 4) is 0 Å². The van der Waals surface area contributed by atoms with E-state index in [2.05, 4.69) is 10.6 Å². The number of carboxylic acids is 1. The Bertz CT molecular complexity index is 530. The zero-order valence-corrected chi connectivity index (χ0v) is 12.4. The molecule has 2 amide bonds. The highest BCUT2D eigenvalue weighted by atomic mass is 16.4. The number of carboxylic acid groups (broad SMARTS) is 1. The van der Waals surface area contributed by atoms with E-state index >= 15 is 0 Å². The summed E-state index contributed by atoms with van der Waals surface area (Å²) in [6.45, 7) is 5.71. The molecule has 1 aromatic rings. The van der Waals surface area contributed by atoms with Crippen molar-refractivity contribution in [1.29, 1.82) is 0 Å². The standard InChI is InChI=1S/C15H20N2O4/c1-15(2,3)8-12(18)16-9-13(19)17-11-6-4-10(5-7-11)14(20)21/h4-7H,8-9H2,1-3H3,(H,16,18)(H,17,19)(H,20,21). The van der Waals surface area contributed by atoms with Crippen LogP contribution in [0.2, 0.25) is 0 Å². The summed E-state index contributed by atoms with van der Waals surface area (Å²) in [6, 6.07) is 5.79. The number of amides is 2. The summed E-state index contributed by atoms with van der Waals surface area (Å²) in [5.74, 6) is -1.57. The van der Waals surface area contributed by atoms with Crippen LogP contribution in [0.5, 0.6) is 0 Å². The Labute approximate surface area is 123 Å². The van der Waals surface area contributed by atoms with Crippen molar-refractivity contribution < 1.29 is 19.5 Å². The van der Waals surface area contributed by atoms with E-state index in [-0.39, 0.29) is 29.3 Å². The molecule has 0 bridgehead atoms. The fraction of sp³-hybridized carbons (Fsp3) is 0.400. The molecule has 0 heterocycles. The molecule has 114 valence electrons. The first-order chi connectivity index (χ1) is 9.67. The Morgan fingerprint density at radius 2 is 1.62 bits per heavy atom. The molecule has 0 unspecified atom stereocenters. The number of benzene rings is 1. The van der Waals surface area contributed by atoms with Crippen molar-refractivity contribution in [2.24, 2.45) is 5.41 Å². The van der Waals surface area contributed by atoms with E-state index in [0.717, 1.165) is 0 Å². The molecule has 0 fully saturated rings. The second-order valence-corrected chi connectivity index (χ2v) is 5.94. The lowest BCUT2D eigenvalue weighted by Gasteiger charge is -2.17. The molecule has 21 heavy (non-hydrogen) atoms. The van der Waals surface area contributed by atoms with E-state index in [1.54, 1.807) is 0 Å². The van der Waals surface area contributed by atoms with Gasteiger partial charge in [0.05, 0.1) is 12.1 Å². The fourth-order valence-electron chi connectivity index (χ4n) is 1.62. The Hall–Kier alpha value is -2.37. The van der Waals surface area contributed by atoms with Gasteiger partial charge in [-0.2, -0.15) is 0 Å². The summed E-state index contributed by atoms with van der Waals surface area (Å²) < 4.78 is 0. The van der Waals surface area contributed by atoms with Crippen LogP contribution in [0.3, 0.4) is 0 Å². The third-order valence-electron chi connectivity index (χ3n) is 2.55. The van der Waals surface area contributed by atoms with Crippen molar-refractivity contribution in [3.05, 3.63) is 29.8 Å². The largest absolute Gasteiger partial charge is 0.478 e. The maximum Gasteiger partial charge on any atom is 0.335 e. The summed E-state index contributed by atoms with van der Waals surface area (Å²) in [6.07, 6.45) is 0.341. The molecule has 3 N–H and O–H groups in total. The number of rotatable bonds is 5. The Morgan fingerprint density at radius 1 is 1.05 bits per heavy atom. The molecule has 1 rings (SSSR count). The molecule has 0 atom stereocenters. The van der Waals surface area contributed by atoms with Crippen LogP contribution in [0.15, 0.2) is 24.3 Å². The van der Waals surface area contributed by atoms with E-state index in [0.29, 0.717) is 12.1 Å². The normalized spacial score (nSPS) is 10.8. The predicted octanol–water partition coefficient (Wildman–Crippen LogP) is 1.88. The average Bonchev–Trinajstić information content (AvgIpc) is 2.35. The first-order valence-electron chi connectivity index (χ1n) is 6.57. The maximum atomic E-state index is 11.7. The van der Waals surface area contributed by atoms with Gasteiger partial charge >= 0.3 is 5.97 Å². The molecule has 0 aliphatic rings. The van der Waals surface area contributed by atoms with Gasteiger partial charge in [0.15, 0.2) is 0 Å². The molecular formula is C15H20N2O4. The van der Waals surface area contributed by atoms with Gasteiger partial charge in [-0.25, -0.2) is 4.79 Å². The van der Waals surface area contributed by atoms with E-state index in [1.807, 2.05) is 20.8 Å². The lowest BCUT2D eigenvalue weighted by atomic mass is 9.92. The minimum atomic E-state index is -1.03. The highest BCUT2D eigenvalue weighted by molar-refractivity contribution is 5.95. The Morgan fingerprint density at radius 3 is 2.10 bits per heavy atom. The number of nitrogens with one attached hydrogen (secondary N) is 2. The second kappa shape index (κ2) is 6.88. The lowest BCUT2D eigenvalue weighted by Crippen LogP contribution is -2.34. The SMILES string of the molecule is CC(C)(C)CC(=O)NCC(=O)Nc1ccc(C(=O)O)cc1.